The standard InChI is InChI=1S/C29H38FN2O8P/c30-24-16-14-22(15-17-24)9-5-7-20-39-41(37)40-26(27(33)32-19-8-12-25(32)28(34)35)13-4-6-18-31-29(36)38-21-23-10-2-1-3-11-23/h1-3,10-11,14-17,25-26,41H,4-9,12-13,18-21H2,(H,31,36)(H,34,35)/t25-,26-/m0/s1. The number of hydrogen-bond donors (Lipinski definition) is 2. The first-order valence-corrected chi connectivity index (χ1v) is 15.1. The van der Waals surface area contributed by atoms with Crippen LogP contribution >= 0.6 is 8.25 Å². The number of carbonyl (C=O) groups is 3. The van der Waals surface area contributed by atoms with Gasteiger partial charge in [-0.3, -0.25) is 13.9 Å². The number of benzene rings is 2. The van der Waals surface area contributed by atoms with Crippen molar-refractivity contribution in [3.63, 3.8) is 0 Å². The highest BCUT2D eigenvalue weighted by Crippen LogP contribution is 2.31. The molecule has 1 heterocycles. The summed E-state index contributed by atoms with van der Waals surface area (Å²) in [5.41, 5.74) is 1.85. The van der Waals surface area contributed by atoms with E-state index in [4.69, 9.17) is 13.8 Å². The van der Waals surface area contributed by atoms with E-state index in [1.807, 2.05) is 30.3 Å². The van der Waals surface area contributed by atoms with Gasteiger partial charge in [0.15, 0.2) is 0 Å². The number of hydrogen-bond acceptors (Lipinski definition) is 7. The number of nitrogens with zero attached hydrogens (tertiary/aromatic N) is 1. The Hall–Kier alpha value is -3.27. The van der Waals surface area contributed by atoms with Gasteiger partial charge in [-0.15, -0.1) is 0 Å². The van der Waals surface area contributed by atoms with E-state index in [9.17, 15) is 28.4 Å². The normalized spacial score (nSPS) is 16.2. The summed E-state index contributed by atoms with van der Waals surface area (Å²) in [5, 5.41) is 12.1. The second-order valence-electron chi connectivity index (χ2n) is 9.80. The van der Waals surface area contributed by atoms with Gasteiger partial charge in [-0.1, -0.05) is 42.5 Å². The topological polar surface area (TPSA) is 131 Å². The van der Waals surface area contributed by atoms with E-state index in [-0.39, 0.29) is 32.0 Å². The Kier molecular flexibility index (Phi) is 13.8. The molecule has 0 aliphatic carbocycles. The van der Waals surface area contributed by atoms with Crippen LogP contribution in [-0.2, 0) is 41.0 Å². The average Bonchev–Trinajstić information content (AvgIpc) is 3.47. The van der Waals surface area contributed by atoms with Crippen LogP contribution < -0.4 is 5.32 Å². The molecule has 0 bridgehead atoms. The maximum absolute atomic E-state index is 13.2. The fraction of sp³-hybridized carbons (Fsp3) is 0.483. The van der Waals surface area contributed by atoms with Gasteiger partial charge < -0.3 is 24.6 Å². The Morgan fingerprint density at radius 1 is 1.02 bits per heavy atom. The third kappa shape index (κ3) is 11.6. The molecule has 3 atom stereocenters. The molecule has 2 aromatic carbocycles. The second kappa shape index (κ2) is 17.5. The van der Waals surface area contributed by atoms with Crippen LogP contribution in [-0.4, -0.2) is 59.8 Å². The molecule has 41 heavy (non-hydrogen) atoms. The third-order valence-corrected chi connectivity index (χ3v) is 7.62. The number of rotatable bonds is 17. The number of carboxylic acid groups (broad SMARTS) is 1. The molecule has 0 aromatic heterocycles. The van der Waals surface area contributed by atoms with Crippen LogP contribution in [0, 0.1) is 5.82 Å². The van der Waals surface area contributed by atoms with Crippen LogP contribution in [0.2, 0.25) is 0 Å². The number of aliphatic carboxylic acids is 1. The largest absolute Gasteiger partial charge is 0.480 e. The first-order chi connectivity index (χ1) is 19.8. The van der Waals surface area contributed by atoms with Crippen molar-refractivity contribution in [3.05, 3.63) is 71.5 Å². The maximum atomic E-state index is 13.2. The molecule has 2 amide bonds. The fourth-order valence-electron chi connectivity index (χ4n) is 4.51. The maximum Gasteiger partial charge on any atom is 0.407 e. The number of amides is 2. The summed E-state index contributed by atoms with van der Waals surface area (Å²) >= 11 is 0. The molecule has 1 aliphatic heterocycles. The molecule has 1 unspecified atom stereocenters. The van der Waals surface area contributed by atoms with Gasteiger partial charge in [0, 0.05) is 13.1 Å². The first kappa shape index (κ1) is 32.2. The summed E-state index contributed by atoms with van der Waals surface area (Å²) in [6.07, 6.45) is 2.41. The molecule has 0 radical (unpaired) electrons. The van der Waals surface area contributed by atoms with Crippen LogP contribution in [0.15, 0.2) is 54.6 Å². The molecular weight excluding hydrogens is 554 g/mol. The molecule has 224 valence electrons. The zero-order valence-electron chi connectivity index (χ0n) is 23.0. The predicted octanol–water partition coefficient (Wildman–Crippen LogP) is 5.11. The molecule has 0 spiro atoms. The number of likely N-dealkylation sites (tertiary alicyclic amines) is 1. The molecule has 0 saturated carbocycles. The number of ether oxygens (including phenoxy) is 1. The smallest absolute Gasteiger partial charge is 0.407 e. The molecular formula is C29H38FN2O8P. The number of nitrogens with one attached hydrogen (secondary N) is 1. The molecule has 10 nitrogen and oxygen atoms in total. The van der Waals surface area contributed by atoms with Gasteiger partial charge in [0.25, 0.3) is 5.91 Å². The summed E-state index contributed by atoms with van der Waals surface area (Å²) in [4.78, 5) is 38.0. The molecule has 1 aliphatic rings. The average molecular weight is 593 g/mol. The molecule has 12 heteroatoms. The van der Waals surface area contributed by atoms with Crippen LogP contribution in [0.5, 0.6) is 0 Å². The van der Waals surface area contributed by atoms with Crippen molar-refractivity contribution >= 4 is 26.2 Å². The van der Waals surface area contributed by atoms with E-state index in [0.29, 0.717) is 45.1 Å². The van der Waals surface area contributed by atoms with Crippen LogP contribution in [0.3, 0.4) is 0 Å². The minimum absolute atomic E-state index is 0.151. The van der Waals surface area contributed by atoms with E-state index >= 15 is 0 Å². The summed E-state index contributed by atoms with van der Waals surface area (Å²) in [6.45, 7) is 0.903. The van der Waals surface area contributed by atoms with E-state index < -0.39 is 38.4 Å². The van der Waals surface area contributed by atoms with Crippen molar-refractivity contribution in [3.8, 4) is 0 Å². The van der Waals surface area contributed by atoms with Crippen molar-refractivity contribution in [2.75, 3.05) is 19.7 Å². The highest BCUT2D eigenvalue weighted by molar-refractivity contribution is 7.33. The van der Waals surface area contributed by atoms with Gasteiger partial charge in [-0.2, -0.15) is 0 Å². The fourth-order valence-corrected chi connectivity index (χ4v) is 5.34. The first-order valence-electron chi connectivity index (χ1n) is 13.9. The predicted molar refractivity (Wildman–Crippen MR) is 150 cm³/mol. The van der Waals surface area contributed by atoms with E-state index in [1.54, 1.807) is 12.1 Å². The van der Waals surface area contributed by atoms with Gasteiger partial charge >= 0.3 is 20.3 Å². The van der Waals surface area contributed by atoms with Crippen molar-refractivity contribution in [2.24, 2.45) is 0 Å². The minimum Gasteiger partial charge on any atom is -0.480 e. The number of unbranched alkanes of at least 4 members (excludes halogenated alkanes) is 2. The summed E-state index contributed by atoms with van der Waals surface area (Å²) in [5.74, 6) is -1.90. The summed E-state index contributed by atoms with van der Waals surface area (Å²) in [7, 11) is -3.02. The van der Waals surface area contributed by atoms with Crippen molar-refractivity contribution in [2.45, 2.75) is 70.1 Å². The lowest BCUT2D eigenvalue weighted by Gasteiger charge is -2.26. The number of carbonyl (C=O) groups excluding carboxylic acids is 2. The summed E-state index contributed by atoms with van der Waals surface area (Å²) < 4.78 is 41.6. The molecule has 3 rings (SSSR count). The number of carboxylic acids is 1. The Morgan fingerprint density at radius 2 is 1.78 bits per heavy atom. The molecule has 2 N–H and O–H groups in total. The van der Waals surface area contributed by atoms with Crippen LogP contribution in [0.4, 0.5) is 9.18 Å². The Morgan fingerprint density at radius 3 is 2.51 bits per heavy atom. The van der Waals surface area contributed by atoms with Gasteiger partial charge in [-0.25, -0.2) is 14.0 Å². The SMILES string of the molecule is O=C(NCCCC[C@H](O[PH](=O)OCCCCc1ccc(F)cc1)C(=O)N1CCC[C@H]1C(=O)O)OCc1ccccc1. The Labute approximate surface area is 240 Å². The zero-order valence-corrected chi connectivity index (χ0v) is 24.0. The highest BCUT2D eigenvalue weighted by Gasteiger charge is 2.38. The monoisotopic (exact) mass is 592 g/mol. The Bertz CT molecular complexity index is 1140. The quantitative estimate of drug-likeness (QED) is 0.191. The Balaban J connectivity index is 1.41. The van der Waals surface area contributed by atoms with Crippen molar-refractivity contribution in [1.29, 1.82) is 0 Å². The highest BCUT2D eigenvalue weighted by atomic mass is 31.1. The lowest BCUT2D eigenvalue weighted by Crippen LogP contribution is -2.45. The van der Waals surface area contributed by atoms with E-state index in [0.717, 1.165) is 17.5 Å². The lowest BCUT2D eigenvalue weighted by atomic mass is 10.1. The lowest BCUT2D eigenvalue weighted by molar-refractivity contribution is -0.151. The van der Waals surface area contributed by atoms with Crippen molar-refractivity contribution < 1.29 is 42.2 Å². The van der Waals surface area contributed by atoms with Crippen LogP contribution in [0.25, 0.3) is 0 Å². The van der Waals surface area contributed by atoms with Gasteiger partial charge in [0.1, 0.15) is 24.6 Å². The zero-order chi connectivity index (χ0) is 29.5. The summed E-state index contributed by atoms with van der Waals surface area (Å²) in [6, 6.07) is 14.6. The van der Waals surface area contributed by atoms with Crippen molar-refractivity contribution in [1.82, 2.24) is 10.2 Å². The minimum atomic E-state index is -3.02. The number of alkyl carbamates (subject to hydrolysis) is 1. The number of halogens is 1. The number of aryl methyl sites for hydroxylation is 1. The van der Waals surface area contributed by atoms with E-state index in [1.165, 1.54) is 17.0 Å². The molecule has 1 saturated heterocycles. The second-order valence-corrected chi connectivity index (χ2v) is 10.8. The molecule has 2 aromatic rings. The van der Waals surface area contributed by atoms with E-state index in [2.05, 4.69) is 5.32 Å². The van der Waals surface area contributed by atoms with Gasteiger partial charge in [0.05, 0.1) is 6.61 Å². The van der Waals surface area contributed by atoms with Gasteiger partial charge in [-0.05, 0) is 74.6 Å². The molecule has 1 fully saturated rings. The third-order valence-electron chi connectivity index (χ3n) is 6.70. The van der Waals surface area contributed by atoms with Gasteiger partial charge in [0.2, 0.25) is 0 Å². The van der Waals surface area contributed by atoms with Crippen LogP contribution in [0.1, 0.15) is 56.1 Å².